The van der Waals surface area contributed by atoms with E-state index >= 15 is 0 Å². The van der Waals surface area contributed by atoms with Crippen LogP contribution in [0.1, 0.15) is 52.9 Å². The molecule has 2 aliphatic rings. The highest BCUT2D eigenvalue weighted by Gasteiger charge is 2.36. The van der Waals surface area contributed by atoms with Gasteiger partial charge in [0.2, 0.25) is 11.8 Å². The molecule has 0 spiro atoms. The number of aldehydes is 1. The van der Waals surface area contributed by atoms with E-state index in [1.54, 1.807) is 14.1 Å². The van der Waals surface area contributed by atoms with Crippen LogP contribution in [0.15, 0.2) is 36.1 Å². The van der Waals surface area contributed by atoms with Crippen molar-refractivity contribution in [2.24, 2.45) is 5.73 Å². The lowest BCUT2D eigenvalue weighted by Gasteiger charge is -2.32. The molecule has 4 N–H and O–H groups in total. The fourth-order valence-electron chi connectivity index (χ4n) is 4.68. The SMILES string of the molecule is C=C/C=C1/CCCO/C1=C/C.CNCC(=O)NC(C=O)CN(CCC1CCC(C(N)=O)N1C)C(=O)C(C)(C)F. The molecule has 2 aliphatic heterocycles. The van der Waals surface area contributed by atoms with Gasteiger partial charge in [0.15, 0.2) is 5.67 Å². The summed E-state index contributed by atoms with van der Waals surface area (Å²) in [5.74, 6) is -0.520. The van der Waals surface area contributed by atoms with Crippen LogP contribution in [0.25, 0.3) is 0 Å². The second-order valence-corrected chi connectivity index (χ2v) is 10.2. The van der Waals surface area contributed by atoms with Crippen LogP contribution >= 0.6 is 0 Å². The highest BCUT2D eigenvalue weighted by molar-refractivity contribution is 5.85. The van der Waals surface area contributed by atoms with Crippen LogP contribution in [-0.4, -0.2) is 97.9 Å². The highest BCUT2D eigenvalue weighted by Crippen LogP contribution is 2.25. The van der Waals surface area contributed by atoms with E-state index in [0.29, 0.717) is 19.1 Å². The van der Waals surface area contributed by atoms with Crippen LogP contribution in [0.5, 0.6) is 0 Å². The van der Waals surface area contributed by atoms with Gasteiger partial charge >= 0.3 is 0 Å². The number of likely N-dealkylation sites (N-methyl/N-ethyl adjacent to an activating group) is 2. The lowest BCUT2D eigenvalue weighted by Crippen LogP contribution is -2.52. The first-order chi connectivity index (χ1) is 18.4. The molecule has 0 aliphatic carbocycles. The molecule has 0 aromatic carbocycles. The zero-order valence-corrected chi connectivity index (χ0v) is 24.0. The molecule has 39 heavy (non-hydrogen) atoms. The molecular formula is C28H46FN5O5. The summed E-state index contributed by atoms with van der Waals surface area (Å²) in [4.78, 5) is 50.2. The van der Waals surface area contributed by atoms with Crippen molar-refractivity contribution in [2.45, 2.75) is 76.7 Å². The van der Waals surface area contributed by atoms with Gasteiger partial charge in [-0.3, -0.25) is 19.3 Å². The Labute approximate surface area is 231 Å². The zero-order valence-electron chi connectivity index (χ0n) is 24.0. The largest absolute Gasteiger partial charge is 0.494 e. The number of allylic oxidation sites excluding steroid dienone is 4. The minimum atomic E-state index is -2.11. The van der Waals surface area contributed by atoms with Crippen LogP contribution in [-0.2, 0) is 23.9 Å². The normalized spacial score (nSPS) is 22.3. The lowest BCUT2D eigenvalue weighted by atomic mass is 10.1. The van der Waals surface area contributed by atoms with E-state index in [1.807, 2.05) is 30.1 Å². The van der Waals surface area contributed by atoms with Gasteiger partial charge in [-0.2, -0.15) is 0 Å². The molecule has 0 saturated carbocycles. The second kappa shape index (κ2) is 16.8. The van der Waals surface area contributed by atoms with Crippen molar-refractivity contribution in [3.8, 4) is 0 Å². The first-order valence-corrected chi connectivity index (χ1v) is 13.4. The molecule has 0 aromatic heterocycles. The molecule has 2 fully saturated rings. The minimum absolute atomic E-state index is 0.0177. The summed E-state index contributed by atoms with van der Waals surface area (Å²) >= 11 is 0. The van der Waals surface area contributed by atoms with E-state index in [4.69, 9.17) is 10.5 Å². The standard InChI is InChI=1S/C18H32FN5O4.C10H14O/c1-18(2,19)17(28)24(10-12(11-25)22-15(26)9-21-3)8-7-13-5-6-14(16(20)27)23(13)4;1-3-6-9-7-5-8-11-10(9)4-2/h11-14,21H,5-10H2,1-4H3,(H2,20,27)(H,22,26);3-4,6H,1,5,7-8H2,2H3/b;9-6-,10-4+. The molecule has 0 bridgehead atoms. The smallest absolute Gasteiger partial charge is 0.259 e. The maximum absolute atomic E-state index is 14.3. The van der Waals surface area contributed by atoms with Crippen LogP contribution in [0, 0.1) is 0 Å². The molecule has 0 radical (unpaired) electrons. The number of likely N-dealkylation sites (tertiary alicyclic amines) is 1. The molecular weight excluding hydrogens is 505 g/mol. The number of rotatable bonds is 12. The fourth-order valence-corrected chi connectivity index (χ4v) is 4.68. The molecule has 3 atom stereocenters. The Bertz CT molecular complexity index is 915. The maximum atomic E-state index is 14.3. The number of nitrogens with one attached hydrogen (secondary N) is 2. The summed E-state index contributed by atoms with van der Waals surface area (Å²) in [5.41, 5.74) is 4.55. The van der Waals surface area contributed by atoms with Crippen molar-refractivity contribution < 1.29 is 28.3 Å². The van der Waals surface area contributed by atoms with Crippen molar-refractivity contribution in [3.63, 3.8) is 0 Å². The van der Waals surface area contributed by atoms with E-state index in [0.717, 1.165) is 45.5 Å². The Morgan fingerprint density at radius 1 is 1.33 bits per heavy atom. The van der Waals surface area contributed by atoms with Gasteiger partial charge in [-0.15, -0.1) is 0 Å². The van der Waals surface area contributed by atoms with Crippen LogP contribution in [0.3, 0.4) is 0 Å². The predicted octanol–water partition coefficient (Wildman–Crippen LogP) is 1.62. The van der Waals surface area contributed by atoms with Gasteiger partial charge in [-0.1, -0.05) is 18.7 Å². The van der Waals surface area contributed by atoms with Gasteiger partial charge in [-0.25, -0.2) is 4.39 Å². The first-order valence-electron chi connectivity index (χ1n) is 13.4. The van der Waals surface area contributed by atoms with Gasteiger partial charge in [0, 0.05) is 19.1 Å². The Hall–Kier alpha value is -3.05. The Balaban J connectivity index is 0.000000573. The maximum Gasteiger partial charge on any atom is 0.259 e. The topological polar surface area (TPSA) is 134 Å². The summed E-state index contributed by atoms with van der Waals surface area (Å²) in [5, 5.41) is 5.17. The van der Waals surface area contributed by atoms with Crippen LogP contribution in [0.2, 0.25) is 0 Å². The number of ether oxygens (including phenoxy) is 1. The number of amides is 3. The second-order valence-electron chi connectivity index (χ2n) is 10.2. The fraction of sp³-hybridized carbons (Fsp3) is 0.643. The molecule has 0 aromatic rings. The summed E-state index contributed by atoms with van der Waals surface area (Å²) in [7, 11) is 3.39. The quantitative estimate of drug-likeness (QED) is 0.314. The highest BCUT2D eigenvalue weighted by atomic mass is 19.1. The summed E-state index contributed by atoms with van der Waals surface area (Å²) < 4.78 is 19.7. The van der Waals surface area contributed by atoms with Crippen molar-refractivity contribution in [3.05, 3.63) is 36.1 Å². The third-order valence-electron chi connectivity index (χ3n) is 6.71. The number of carbonyl (C=O) groups is 4. The summed E-state index contributed by atoms with van der Waals surface area (Å²) in [6.45, 7) is 8.92. The third kappa shape index (κ3) is 11.3. The Kier molecular flexibility index (Phi) is 14.6. The van der Waals surface area contributed by atoms with Crippen molar-refractivity contribution in [2.75, 3.05) is 40.3 Å². The number of nitrogens with zero attached hydrogens (tertiary/aromatic N) is 2. The molecule has 2 rings (SSSR count). The van der Waals surface area contributed by atoms with Crippen molar-refractivity contribution in [1.29, 1.82) is 0 Å². The number of nitrogens with two attached hydrogens (primary N) is 1. The molecule has 10 nitrogen and oxygen atoms in total. The van der Waals surface area contributed by atoms with Crippen molar-refractivity contribution >= 4 is 24.0 Å². The third-order valence-corrected chi connectivity index (χ3v) is 6.71. The average Bonchev–Trinajstić information content (AvgIpc) is 3.26. The minimum Gasteiger partial charge on any atom is -0.494 e. The molecule has 11 heteroatoms. The van der Waals surface area contributed by atoms with E-state index < -0.39 is 29.4 Å². The lowest BCUT2D eigenvalue weighted by molar-refractivity contribution is -0.143. The van der Waals surface area contributed by atoms with Crippen LogP contribution < -0.4 is 16.4 Å². The summed E-state index contributed by atoms with van der Waals surface area (Å²) in [6, 6.07) is -1.27. The Morgan fingerprint density at radius 2 is 2.03 bits per heavy atom. The van der Waals surface area contributed by atoms with Gasteiger partial charge < -0.3 is 30.8 Å². The molecule has 2 saturated heterocycles. The number of carbonyl (C=O) groups excluding carboxylic acids is 4. The molecule has 3 amide bonds. The van der Waals surface area contributed by atoms with E-state index in [9.17, 15) is 23.6 Å². The number of primary amides is 1. The number of hydrogen-bond donors (Lipinski definition) is 3. The predicted molar refractivity (Wildman–Crippen MR) is 149 cm³/mol. The number of alkyl halides is 1. The number of halogens is 1. The molecule has 3 unspecified atom stereocenters. The van der Waals surface area contributed by atoms with E-state index in [2.05, 4.69) is 17.2 Å². The Morgan fingerprint density at radius 3 is 2.54 bits per heavy atom. The number of hydrogen-bond acceptors (Lipinski definition) is 7. The zero-order chi connectivity index (χ0) is 29.6. The average molecular weight is 552 g/mol. The molecule has 2 heterocycles. The van der Waals surface area contributed by atoms with E-state index in [-0.39, 0.29) is 31.7 Å². The summed E-state index contributed by atoms with van der Waals surface area (Å²) in [6.07, 6.45) is 10.5. The monoisotopic (exact) mass is 551 g/mol. The van der Waals surface area contributed by atoms with Crippen molar-refractivity contribution in [1.82, 2.24) is 20.4 Å². The first kappa shape index (κ1) is 34.0. The van der Waals surface area contributed by atoms with Gasteiger partial charge in [0.25, 0.3) is 5.91 Å². The molecule has 220 valence electrons. The van der Waals surface area contributed by atoms with E-state index in [1.165, 1.54) is 10.5 Å². The van der Waals surface area contributed by atoms with Gasteiger partial charge in [0.1, 0.15) is 18.1 Å². The van der Waals surface area contributed by atoms with Gasteiger partial charge in [-0.05, 0) is 78.6 Å². The van der Waals surface area contributed by atoms with Gasteiger partial charge in [0.05, 0.1) is 19.2 Å². The van der Waals surface area contributed by atoms with Crippen LogP contribution in [0.4, 0.5) is 4.39 Å².